The minimum Gasteiger partial charge on any atom is -0.490 e. The van der Waals surface area contributed by atoms with Crippen LogP contribution in [0.25, 0.3) is 0 Å². The summed E-state index contributed by atoms with van der Waals surface area (Å²) in [7, 11) is 0. The first kappa shape index (κ1) is 12.6. The van der Waals surface area contributed by atoms with E-state index >= 15 is 0 Å². The number of rotatable bonds is 6. The minimum atomic E-state index is -0.283. The van der Waals surface area contributed by atoms with Crippen molar-refractivity contribution in [2.45, 2.75) is 19.8 Å². The molecule has 0 unspecified atom stereocenters. The third kappa shape index (κ3) is 4.82. The number of hydrogen-bond acceptors (Lipinski definition) is 3. The van der Waals surface area contributed by atoms with E-state index in [4.69, 9.17) is 9.47 Å². The smallest absolute Gasteiger partial charge is 0.302 e. The number of carbonyl (C=O) groups excluding carboxylic acids is 1. The number of ether oxygens (including phenoxy) is 2. The molecular weight excluding hydrogens is 204 g/mol. The Morgan fingerprint density at radius 3 is 2.88 bits per heavy atom. The molecule has 0 spiro atoms. The largest absolute Gasteiger partial charge is 0.490 e. The Kier molecular flexibility index (Phi) is 5.40. The maximum absolute atomic E-state index is 10.5. The standard InChI is InChI=1S/C13H17O3/c1-3-5-12-6-4-7-13(10-12)16-9-8-15-11(2)14/h4,6-7,10H,1,3,5,8-9H2,2H3. The lowest BCUT2D eigenvalue weighted by molar-refractivity contribution is -0.141. The molecule has 0 aliphatic rings. The van der Waals surface area contributed by atoms with E-state index in [1.807, 2.05) is 24.3 Å². The van der Waals surface area contributed by atoms with E-state index in [-0.39, 0.29) is 12.6 Å². The van der Waals surface area contributed by atoms with Crippen LogP contribution in [0.2, 0.25) is 0 Å². The zero-order valence-electron chi connectivity index (χ0n) is 9.57. The van der Waals surface area contributed by atoms with Crippen LogP contribution in [0, 0.1) is 6.92 Å². The maximum atomic E-state index is 10.5. The van der Waals surface area contributed by atoms with Crippen LogP contribution in [0.3, 0.4) is 0 Å². The first-order valence-corrected chi connectivity index (χ1v) is 5.36. The molecule has 0 amide bonds. The quantitative estimate of drug-likeness (QED) is 0.546. The van der Waals surface area contributed by atoms with Gasteiger partial charge in [0.25, 0.3) is 0 Å². The zero-order chi connectivity index (χ0) is 11.8. The highest BCUT2D eigenvalue weighted by atomic mass is 16.6. The molecule has 3 heteroatoms. The van der Waals surface area contributed by atoms with Crippen molar-refractivity contribution >= 4 is 5.97 Å². The van der Waals surface area contributed by atoms with Gasteiger partial charge in [-0.1, -0.05) is 19.1 Å². The van der Waals surface area contributed by atoms with Gasteiger partial charge in [-0.15, -0.1) is 0 Å². The minimum absolute atomic E-state index is 0.283. The van der Waals surface area contributed by atoms with Gasteiger partial charge in [-0.3, -0.25) is 4.79 Å². The molecule has 0 fully saturated rings. The second-order valence-electron chi connectivity index (χ2n) is 3.44. The molecule has 0 atom stereocenters. The highest BCUT2D eigenvalue weighted by molar-refractivity contribution is 5.65. The number of benzene rings is 1. The molecule has 0 saturated heterocycles. The van der Waals surface area contributed by atoms with Gasteiger partial charge >= 0.3 is 5.97 Å². The molecule has 0 N–H and O–H groups in total. The summed E-state index contributed by atoms with van der Waals surface area (Å²) in [4.78, 5) is 10.5. The summed E-state index contributed by atoms with van der Waals surface area (Å²) in [5.74, 6) is 0.521. The Hall–Kier alpha value is -1.51. The molecule has 0 heterocycles. The van der Waals surface area contributed by atoms with Crippen LogP contribution in [0.15, 0.2) is 24.3 Å². The van der Waals surface area contributed by atoms with E-state index in [2.05, 4.69) is 6.92 Å². The topological polar surface area (TPSA) is 35.5 Å². The van der Waals surface area contributed by atoms with Gasteiger partial charge in [-0.25, -0.2) is 0 Å². The molecule has 3 nitrogen and oxygen atoms in total. The predicted molar refractivity (Wildman–Crippen MR) is 62.2 cm³/mol. The lowest BCUT2D eigenvalue weighted by Gasteiger charge is -2.07. The van der Waals surface area contributed by atoms with Crippen molar-refractivity contribution in [1.82, 2.24) is 0 Å². The molecule has 16 heavy (non-hydrogen) atoms. The van der Waals surface area contributed by atoms with Crippen LogP contribution < -0.4 is 4.74 Å². The van der Waals surface area contributed by atoms with E-state index in [0.29, 0.717) is 6.61 Å². The van der Waals surface area contributed by atoms with Crippen molar-refractivity contribution < 1.29 is 14.3 Å². The molecule has 1 radical (unpaired) electrons. The molecule has 0 aromatic heterocycles. The molecule has 0 aliphatic heterocycles. The average molecular weight is 221 g/mol. The summed E-state index contributed by atoms with van der Waals surface area (Å²) in [6.45, 7) is 5.86. The van der Waals surface area contributed by atoms with E-state index in [1.165, 1.54) is 12.5 Å². The van der Waals surface area contributed by atoms with Crippen LogP contribution in [-0.2, 0) is 16.0 Å². The SMILES string of the molecule is [CH2]CCc1cccc(OCCOC(C)=O)c1. The van der Waals surface area contributed by atoms with Crippen molar-refractivity contribution in [3.63, 3.8) is 0 Å². The Bertz CT molecular complexity index is 334. The van der Waals surface area contributed by atoms with Crippen molar-refractivity contribution in [3.05, 3.63) is 36.8 Å². The summed E-state index contributed by atoms with van der Waals surface area (Å²) in [6.07, 6.45) is 1.82. The molecule has 1 aromatic rings. The normalized spacial score (nSPS) is 9.88. The highest BCUT2D eigenvalue weighted by Crippen LogP contribution is 2.14. The van der Waals surface area contributed by atoms with Gasteiger partial charge in [-0.2, -0.15) is 0 Å². The fraction of sp³-hybridized carbons (Fsp3) is 0.385. The van der Waals surface area contributed by atoms with E-state index in [1.54, 1.807) is 0 Å². The van der Waals surface area contributed by atoms with Gasteiger partial charge in [0.2, 0.25) is 0 Å². The Morgan fingerprint density at radius 2 is 2.19 bits per heavy atom. The molecule has 87 valence electrons. The van der Waals surface area contributed by atoms with E-state index in [9.17, 15) is 4.79 Å². The molecular formula is C13H17O3. The van der Waals surface area contributed by atoms with Gasteiger partial charge in [0.15, 0.2) is 0 Å². The molecule has 0 aliphatic carbocycles. The highest BCUT2D eigenvalue weighted by Gasteiger charge is 1.97. The van der Waals surface area contributed by atoms with Crippen molar-refractivity contribution in [2.75, 3.05) is 13.2 Å². The van der Waals surface area contributed by atoms with Crippen LogP contribution in [0.1, 0.15) is 18.9 Å². The van der Waals surface area contributed by atoms with Crippen LogP contribution in [-0.4, -0.2) is 19.2 Å². The van der Waals surface area contributed by atoms with Crippen molar-refractivity contribution in [1.29, 1.82) is 0 Å². The number of aryl methyl sites for hydroxylation is 1. The van der Waals surface area contributed by atoms with E-state index < -0.39 is 0 Å². The second-order valence-corrected chi connectivity index (χ2v) is 3.44. The van der Waals surface area contributed by atoms with Gasteiger partial charge in [-0.05, 0) is 30.5 Å². The Balaban J connectivity index is 2.35. The first-order valence-electron chi connectivity index (χ1n) is 5.36. The molecule has 0 bridgehead atoms. The average Bonchev–Trinajstić information content (AvgIpc) is 2.25. The van der Waals surface area contributed by atoms with Gasteiger partial charge in [0.1, 0.15) is 19.0 Å². The number of hydrogen-bond donors (Lipinski definition) is 0. The monoisotopic (exact) mass is 221 g/mol. The maximum Gasteiger partial charge on any atom is 0.302 e. The summed E-state index contributed by atoms with van der Waals surface area (Å²) in [5.41, 5.74) is 1.21. The summed E-state index contributed by atoms with van der Waals surface area (Å²) >= 11 is 0. The summed E-state index contributed by atoms with van der Waals surface area (Å²) < 4.78 is 10.2. The second kappa shape index (κ2) is 6.88. The van der Waals surface area contributed by atoms with Crippen LogP contribution in [0.4, 0.5) is 0 Å². The number of carbonyl (C=O) groups is 1. The van der Waals surface area contributed by atoms with Crippen molar-refractivity contribution in [2.24, 2.45) is 0 Å². The van der Waals surface area contributed by atoms with E-state index in [0.717, 1.165) is 18.6 Å². The van der Waals surface area contributed by atoms with Crippen LogP contribution >= 0.6 is 0 Å². The third-order valence-corrected chi connectivity index (χ3v) is 2.02. The van der Waals surface area contributed by atoms with Crippen molar-refractivity contribution in [3.8, 4) is 5.75 Å². The predicted octanol–water partition coefficient (Wildman–Crippen LogP) is 2.40. The fourth-order valence-electron chi connectivity index (χ4n) is 1.34. The number of esters is 1. The first-order chi connectivity index (χ1) is 7.72. The molecule has 1 rings (SSSR count). The van der Waals surface area contributed by atoms with Gasteiger partial charge in [0, 0.05) is 6.92 Å². The Labute approximate surface area is 96.4 Å². The zero-order valence-corrected chi connectivity index (χ0v) is 9.57. The summed E-state index contributed by atoms with van der Waals surface area (Å²) in [6, 6.07) is 7.87. The lowest BCUT2D eigenvalue weighted by atomic mass is 10.1. The fourth-order valence-corrected chi connectivity index (χ4v) is 1.34. The van der Waals surface area contributed by atoms with Crippen LogP contribution in [0.5, 0.6) is 5.75 Å². The third-order valence-electron chi connectivity index (χ3n) is 2.02. The molecule has 1 aromatic carbocycles. The van der Waals surface area contributed by atoms with Gasteiger partial charge < -0.3 is 9.47 Å². The molecule has 0 saturated carbocycles. The Morgan fingerprint density at radius 1 is 1.38 bits per heavy atom. The summed E-state index contributed by atoms with van der Waals surface area (Å²) in [5, 5.41) is 0. The van der Waals surface area contributed by atoms with Gasteiger partial charge in [0.05, 0.1) is 0 Å². The lowest BCUT2D eigenvalue weighted by Crippen LogP contribution is -2.09.